The molecule has 26 heavy (non-hydrogen) atoms. The molecule has 7 heteroatoms. The van der Waals surface area contributed by atoms with Crippen LogP contribution in [0.15, 0.2) is 40.1 Å². The summed E-state index contributed by atoms with van der Waals surface area (Å²) >= 11 is 6.02. The average molecular weight is 372 g/mol. The van der Waals surface area contributed by atoms with E-state index < -0.39 is 6.17 Å². The molecule has 1 aromatic carbocycles. The topological polar surface area (TPSA) is 71.3 Å². The molecule has 0 bridgehead atoms. The second kappa shape index (κ2) is 7.11. The number of benzene rings is 1. The lowest BCUT2D eigenvalue weighted by atomic mass is 9.96. The van der Waals surface area contributed by atoms with Crippen molar-refractivity contribution in [3.63, 3.8) is 0 Å². The minimum Gasteiger partial charge on any atom is -0.353 e. The van der Waals surface area contributed by atoms with E-state index in [1.807, 2.05) is 31.2 Å². The number of hydrogen-bond donors (Lipinski definition) is 2. The standard InChI is InChI=1S/C19H22ClN5O/c1-12-11-16(26)25-17(13-7-9-14(20)10-8-13)23-18(24-19(25)21-12)22-15-5-3-2-4-6-15/h7-11,15,17H,2-6H2,1H3,(H2,21,22,23,24)/t17-/m1/s1. The minimum atomic E-state index is -0.463. The Kier molecular flexibility index (Phi) is 4.68. The molecule has 1 atom stereocenters. The van der Waals surface area contributed by atoms with E-state index in [-0.39, 0.29) is 5.56 Å². The molecular weight excluding hydrogens is 350 g/mol. The second-order valence-electron chi connectivity index (χ2n) is 6.94. The van der Waals surface area contributed by atoms with E-state index in [1.54, 1.807) is 4.57 Å². The molecule has 136 valence electrons. The summed E-state index contributed by atoms with van der Waals surface area (Å²) in [6.45, 7) is 1.82. The number of hydrogen-bond acceptors (Lipinski definition) is 5. The van der Waals surface area contributed by atoms with Gasteiger partial charge in [-0.3, -0.25) is 14.7 Å². The van der Waals surface area contributed by atoms with Crippen molar-refractivity contribution in [3.05, 3.63) is 57.0 Å². The number of anilines is 1. The van der Waals surface area contributed by atoms with Crippen LogP contribution in [-0.4, -0.2) is 21.6 Å². The molecule has 4 rings (SSSR count). The predicted octanol–water partition coefficient (Wildman–Crippen LogP) is 3.46. The third-order valence-electron chi connectivity index (χ3n) is 4.92. The van der Waals surface area contributed by atoms with Gasteiger partial charge in [0.05, 0.1) is 0 Å². The van der Waals surface area contributed by atoms with Gasteiger partial charge in [0, 0.05) is 22.8 Å². The Morgan fingerprint density at radius 1 is 1.19 bits per heavy atom. The number of guanidine groups is 1. The lowest BCUT2D eigenvalue weighted by Crippen LogP contribution is -2.45. The Bertz CT molecular complexity index is 884. The fourth-order valence-corrected chi connectivity index (χ4v) is 3.75. The predicted molar refractivity (Wildman–Crippen MR) is 104 cm³/mol. The quantitative estimate of drug-likeness (QED) is 0.848. The van der Waals surface area contributed by atoms with Crippen LogP contribution in [0.1, 0.15) is 49.5 Å². The van der Waals surface area contributed by atoms with Gasteiger partial charge in [-0.25, -0.2) is 9.98 Å². The highest BCUT2D eigenvalue weighted by molar-refractivity contribution is 6.30. The number of aromatic nitrogens is 2. The Balaban J connectivity index is 1.73. The molecule has 0 radical (unpaired) electrons. The van der Waals surface area contributed by atoms with Gasteiger partial charge in [0.15, 0.2) is 6.17 Å². The summed E-state index contributed by atoms with van der Waals surface area (Å²) in [5.41, 5.74) is 1.45. The van der Waals surface area contributed by atoms with Crippen LogP contribution in [0.3, 0.4) is 0 Å². The SMILES string of the molecule is Cc1cc(=O)n2c(n1)NC(NC1CCCCC1)=N[C@H]2c1ccc(Cl)cc1. The number of aryl methyl sites for hydroxylation is 1. The van der Waals surface area contributed by atoms with Gasteiger partial charge in [0.1, 0.15) is 0 Å². The number of rotatable bonds is 2. The van der Waals surface area contributed by atoms with Crippen LogP contribution in [0.4, 0.5) is 5.95 Å². The van der Waals surface area contributed by atoms with Crippen LogP contribution in [0.2, 0.25) is 5.02 Å². The number of halogens is 1. The molecule has 2 aliphatic rings. The fraction of sp³-hybridized carbons (Fsp3) is 0.421. The first-order chi connectivity index (χ1) is 12.6. The second-order valence-corrected chi connectivity index (χ2v) is 7.37. The third-order valence-corrected chi connectivity index (χ3v) is 5.17. The molecule has 1 saturated carbocycles. The fourth-order valence-electron chi connectivity index (χ4n) is 3.62. The van der Waals surface area contributed by atoms with E-state index in [4.69, 9.17) is 16.6 Å². The van der Waals surface area contributed by atoms with Crippen molar-refractivity contribution in [2.75, 3.05) is 5.32 Å². The molecule has 0 spiro atoms. The van der Waals surface area contributed by atoms with Gasteiger partial charge >= 0.3 is 0 Å². The monoisotopic (exact) mass is 371 g/mol. The van der Waals surface area contributed by atoms with Gasteiger partial charge in [0.25, 0.3) is 5.56 Å². The van der Waals surface area contributed by atoms with Gasteiger partial charge in [-0.1, -0.05) is 43.0 Å². The molecular formula is C19H22ClN5O. The molecule has 1 aromatic heterocycles. The zero-order valence-electron chi connectivity index (χ0n) is 14.7. The van der Waals surface area contributed by atoms with Crippen LogP contribution in [-0.2, 0) is 0 Å². The number of nitrogens with one attached hydrogen (secondary N) is 2. The lowest BCUT2D eigenvalue weighted by Gasteiger charge is -2.30. The Labute approximate surface area is 157 Å². The van der Waals surface area contributed by atoms with Crippen molar-refractivity contribution in [1.29, 1.82) is 0 Å². The van der Waals surface area contributed by atoms with E-state index >= 15 is 0 Å². The molecule has 2 heterocycles. The molecule has 0 amide bonds. The first-order valence-corrected chi connectivity index (χ1v) is 9.45. The van der Waals surface area contributed by atoms with E-state index in [0.29, 0.717) is 28.7 Å². The van der Waals surface area contributed by atoms with Crippen LogP contribution in [0.5, 0.6) is 0 Å². The maximum atomic E-state index is 12.6. The number of fused-ring (bicyclic) bond motifs is 1. The van der Waals surface area contributed by atoms with Crippen molar-refractivity contribution in [3.8, 4) is 0 Å². The van der Waals surface area contributed by atoms with Gasteiger partial charge < -0.3 is 5.32 Å². The van der Waals surface area contributed by atoms with Crippen molar-refractivity contribution in [2.45, 2.75) is 51.2 Å². The van der Waals surface area contributed by atoms with E-state index in [1.165, 1.54) is 25.3 Å². The molecule has 1 fully saturated rings. The molecule has 6 nitrogen and oxygen atoms in total. The maximum Gasteiger partial charge on any atom is 0.257 e. The normalized spacial score (nSPS) is 20.1. The molecule has 2 N–H and O–H groups in total. The smallest absolute Gasteiger partial charge is 0.257 e. The Morgan fingerprint density at radius 2 is 1.92 bits per heavy atom. The van der Waals surface area contributed by atoms with Crippen LogP contribution in [0, 0.1) is 6.92 Å². The average Bonchev–Trinajstić information content (AvgIpc) is 2.62. The van der Waals surface area contributed by atoms with E-state index in [9.17, 15) is 4.79 Å². The highest BCUT2D eigenvalue weighted by Crippen LogP contribution is 2.26. The van der Waals surface area contributed by atoms with E-state index in [0.717, 1.165) is 18.4 Å². The largest absolute Gasteiger partial charge is 0.353 e. The summed E-state index contributed by atoms with van der Waals surface area (Å²) in [6, 6.07) is 9.36. The zero-order chi connectivity index (χ0) is 18.1. The highest BCUT2D eigenvalue weighted by Gasteiger charge is 2.26. The third kappa shape index (κ3) is 3.46. The highest BCUT2D eigenvalue weighted by atomic mass is 35.5. The molecule has 1 aliphatic heterocycles. The van der Waals surface area contributed by atoms with Crippen molar-refractivity contribution >= 4 is 23.5 Å². The summed E-state index contributed by atoms with van der Waals surface area (Å²) in [5.74, 6) is 1.19. The van der Waals surface area contributed by atoms with E-state index in [2.05, 4.69) is 15.6 Å². The van der Waals surface area contributed by atoms with Crippen molar-refractivity contribution < 1.29 is 0 Å². The Hall–Kier alpha value is -2.34. The zero-order valence-corrected chi connectivity index (χ0v) is 15.5. The lowest BCUT2D eigenvalue weighted by molar-refractivity contribution is 0.410. The first kappa shape index (κ1) is 17.1. The number of nitrogens with zero attached hydrogens (tertiary/aromatic N) is 3. The molecule has 0 saturated heterocycles. The van der Waals surface area contributed by atoms with Gasteiger partial charge in [0.2, 0.25) is 11.9 Å². The Morgan fingerprint density at radius 3 is 2.65 bits per heavy atom. The molecule has 1 aliphatic carbocycles. The van der Waals surface area contributed by atoms with Crippen LogP contribution < -0.4 is 16.2 Å². The van der Waals surface area contributed by atoms with Gasteiger partial charge in [-0.15, -0.1) is 0 Å². The maximum absolute atomic E-state index is 12.6. The van der Waals surface area contributed by atoms with Crippen LogP contribution in [0.25, 0.3) is 0 Å². The van der Waals surface area contributed by atoms with Gasteiger partial charge in [-0.2, -0.15) is 0 Å². The summed E-state index contributed by atoms with van der Waals surface area (Å²) in [7, 11) is 0. The van der Waals surface area contributed by atoms with Crippen molar-refractivity contribution in [1.82, 2.24) is 14.9 Å². The summed E-state index contributed by atoms with van der Waals surface area (Å²) in [4.78, 5) is 21.9. The molecule has 0 unspecified atom stereocenters. The summed E-state index contributed by atoms with van der Waals surface area (Å²) in [5, 5.41) is 7.36. The first-order valence-electron chi connectivity index (χ1n) is 9.07. The van der Waals surface area contributed by atoms with Crippen LogP contribution >= 0.6 is 11.6 Å². The summed E-state index contributed by atoms with van der Waals surface area (Å²) in [6.07, 6.45) is 5.58. The minimum absolute atomic E-state index is 0.125. The van der Waals surface area contributed by atoms with Crippen molar-refractivity contribution in [2.24, 2.45) is 4.99 Å². The van der Waals surface area contributed by atoms with Gasteiger partial charge in [-0.05, 0) is 37.5 Å². The molecule has 2 aromatic rings. The number of aliphatic imine (C=N–C) groups is 1. The summed E-state index contributed by atoms with van der Waals surface area (Å²) < 4.78 is 1.59.